The summed E-state index contributed by atoms with van der Waals surface area (Å²) in [6.45, 7) is 4.00. The van der Waals surface area contributed by atoms with E-state index in [1.54, 1.807) is 12.1 Å². The highest BCUT2D eigenvalue weighted by Crippen LogP contribution is 2.36. The molecule has 0 aliphatic rings. The molecule has 2 N–H and O–H groups in total. The molecule has 0 amide bonds. The molecule has 6 aromatic rings. The highest BCUT2D eigenvalue weighted by Gasteiger charge is 2.16. The highest BCUT2D eigenvalue weighted by atomic mass is 16.4. The summed E-state index contributed by atoms with van der Waals surface area (Å²) >= 11 is 0. The lowest BCUT2D eigenvalue weighted by Gasteiger charge is -2.26. The van der Waals surface area contributed by atoms with Crippen molar-refractivity contribution in [2.24, 2.45) is 0 Å². The lowest BCUT2D eigenvalue weighted by atomic mass is 9.80. The van der Waals surface area contributed by atoms with Gasteiger partial charge in [0.25, 0.3) is 0 Å². The first-order valence-electron chi connectivity index (χ1n) is 14.3. The van der Waals surface area contributed by atoms with Crippen molar-refractivity contribution in [1.29, 1.82) is 0 Å². The summed E-state index contributed by atoms with van der Waals surface area (Å²) in [5.74, 6) is 0. The summed E-state index contributed by atoms with van der Waals surface area (Å²) in [6, 6.07) is 53.7. The second kappa shape index (κ2) is 13.6. The number of anilines is 3. The molecule has 206 valence electrons. The van der Waals surface area contributed by atoms with Gasteiger partial charge in [0.2, 0.25) is 0 Å². The van der Waals surface area contributed by atoms with Crippen molar-refractivity contribution < 1.29 is 10.0 Å². The van der Waals surface area contributed by atoms with Crippen LogP contribution in [-0.4, -0.2) is 17.2 Å². The Morgan fingerprint density at radius 1 is 0.357 bits per heavy atom. The molecular weight excluding hydrogens is 513 g/mol. The number of nitrogens with zero attached hydrogens (tertiary/aromatic N) is 1. The smallest absolute Gasteiger partial charge is 0.423 e. The van der Waals surface area contributed by atoms with E-state index >= 15 is 0 Å². The maximum Gasteiger partial charge on any atom is 0.488 e. The van der Waals surface area contributed by atoms with Gasteiger partial charge in [-0.15, -0.1) is 0 Å². The van der Waals surface area contributed by atoms with Gasteiger partial charge in [0.15, 0.2) is 0 Å². The Morgan fingerprint density at radius 3 is 0.929 bits per heavy atom. The maximum atomic E-state index is 9.59. The van der Waals surface area contributed by atoms with Crippen LogP contribution in [0, 0.1) is 0 Å². The number of benzene rings is 6. The van der Waals surface area contributed by atoms with E-state index in [1.807, 2.05) is 50.2 Å². The lowest BCUT2D eigenvalue weighted by molar-refractivity contribution is 0.426. The van der Waals surface area contributed by atoms with Crippen molar-refractivity contribution in [2.45, 2.75) is 13.8 Å². The van der Waals surface area contributed by atoms with E-state index < -0.39 is 7.12 Å². The van der Waals surface area contributed by atoms with Gasteiger partial charge in [0.1, 0.15) is 0 Å². The quantitative estimate of drug-likeness (QED) is 0.196. The van der Waals surface area contributed by atoms with E-state index in [2.05, 4.69) is 114 Å². The number of hydrogen-bond acceptors (Lipinski definition) is 3. The van der Waals surface area contributed by atoms with Gasteiger partial charge in [-0.3, -0.25) is 0 Å². The Kier molecular flexibility index (Phi) is 9.30. The van der Waals surface area contributed by atoms with E-state index in [0.29, 0.717) is 5.46 Å². The molecular formula is C38H34BNO2. The normalized spacial score (nSPS) is 10.4. The van der Waals surface area contributed by atoms with Crippen LogP contribution in [0.15, 0.2) is 158 Å². The van der Waals surface area contributed by atoms with Gasteiger partial charge < -0.3 is 14.9 Å². The molecule has 0 atom stereocenters. The zero-order chi connectivity index (χ0) is 29.3. The van der Waals surface area contributed by atoms with Gasteiger partial charge in [-0.25, -0.2) is 0 Å². The zero-order valence-corrected chi connectivity index (χ0v) is 23.9. The Hall–Kier alpha value is -4.90. The van der Waals surface area contributed by atoms with Crippen molar-refractivity contribution >= 4 is 29.6 Å². The molecule has 0 saturated carbocycles. The summed E-state index contributed by atoms with van der Waals surface area (Å²) in [7, 11) is -1.50. The Bertz CT molecular complexity index is 1670. The van der Waals surface area contributed by atoms with E-state index in [9.17, 15) is 10.0 Å². The van der Waals surface area contributed by atoms with Crippen LogP contribution in [0.4, 0.5) is 17.1 Å². The van der Waals surface area contributed by atoms with Crippen molar-refractivity contribution in [1.82, 2.24) is 0 Å². The number of rotatable bonds is 7. The standard InChI is InChI=1S/C36H28BNO2.C2H6/c39-37(40)33-19-25-36(26-20-33)38(34-21-15-31(16-22-34)28-9-5-2-6-10-28)35-23-17-32(18-24-35)30-13-11-29(12-14-30)27-7-3-1-4-8-27;1-2/h1-26,39-40H;1-2H3. The molecule has 0 aliphatic carbocycles. The molecule has 0 spiro atoms. The summed E-state index contributed by atoms with van der Waals surface area (Å²) in [4.78, 5) is 2.17. The molecule has 0 aromatic heterocycles. The van der Waals surface area contributed by atoms with Gasteiger partial charge in [0.05, 0.1) is 0 Å². The van der Waals surface area contributed by atoms with Crippen LogP contribution in [0.1, 0.15) is 13.8 Å². The molecule has 0 fully saturated rings. The summed E-state index contributed by atoms with van der Waals surface area (Å²) in [5.41, 5.74) is 10.4. The van der Waals surface area contributed by atoms with Gasteiger partial charge in [0, 0.05) is 17.1 Å². The minimum absolute atomic E-state index is 0.456. The van der Waals surface area contributed by atoms with Gasteiger partial charge >= 0.3 is 7.12 Å². The molecule has 42 heavy (non-hydrogen) atoms. The third kappa shape index (κ3) is 6.53. The molecule has 4 heteroatoms. The molecule has 0 saturated heterocycles. The lowest BCUT2D eigenvalue weighted by Crippen LogP contribution is -2.29. The molecule has 6 aromatic carbocycles. The average Bonchev–Trinajstić information content (AvgIpc) is 3.08. The fourth-order valence-electron chi connectivity index (χ4n) is 4.96. The van der Waals surface area contributed by atoms with Crippen molar-refractivity contribution in [3.05, 3.63) is 158 Å². The summed E-state index contributed by atoms with van der Waals surface area (Å²) in [6.07, 6.45) is 0. The average molecular weight is 548 g/mol. The van der Waals surface area contributed by atoms with Crippen LogP contribution < -0.4 is 10.4 Å². The van der Waals surface area contributed by atoms with Gasteiger partial charge in [-0.1, -0.05) is 135 Å². The molecule has 0 radical (unpaired) electrons. The van der Waals surface area contributed by atoms with E-state index in [4.69, 9.17) is 0 Å². The van der Waals surface area contributed by atoms with Crippen molar-refractivity contribution in [3.63, 3.8) is 0 Å². The topological polar surface area (TPSA) is 43.7 Å². The largest absolute Gasteiger partial charge is 0.488 e. The van der Waals surface area contributed by atoms with Crippen molar-refractivity contribution in [2.75, 3.05) is 4.90 Å². The minimum Gasteiger partial charge on any atom is -0.423 e. The first kappa shape index (κ1) is 28.6. The minimum atomic E-state index is -1.50. The number of hydrogen-bond donors (Lipinski definition) is 2. The van der Waals surface area contributed by atoms with Crippen molar-refractivity contribution in [3.8, 4) is 33.4 Å². The van der Waals surface area contributed by atoms with Crippen LogP contribution in [0.5, 0.6) is 0 Å². The van der Waals surface area contributed by atoms with Crippen LogP contribution in [0.3, 0.4) is 0 Å². The van der Waals surface area contributed by atoms with Gasteiger partial charge in [-0.2, -0.15) is 0 Å². The van der Waals surface area contributed by atoms with E-state index in [1.165, 1.54) is 16.7 Å². The maximum absolute atomic E-state index is 9.59. The zero-order valence-electron chi connectivity index (χ0n) is 23.9. The summed E-state index contributed by atoms with van der Waals surface area (Å²) < 4.78 is 0. The van der Waals surface area contributed by atoms with Gasteiger partial charge in [-0.05, 0) is 75.2 Å². The molecule has 0 heterocycles. The molecule has 6 rings (SSSR count). The fraction of sp³-hybridized carbons (Fsp3) is 0.0526. The third-order valence-corrected chi connectivity index (χ3v) is 7.13. The first-order valence-corrected chi connectivity index (χ1v) is 14.3. The second-order valence-electron chi connectivity index (χ2n) is 9.70. The third-order valence-electron chi connectivity index (χ3n) is 7.13. The van der Waals surface area contributed by atoms with Crippen LogP contribution in [0.2, 0.25) is 0 Å². The van der Waals surface area contributed by atoms with Crippen LogP contribution in [0.25, 0.3) is 33.4 Å². The van der Waals surface area contributed by atoms with Crippen LogP contribution >= 0.6 is 0 Å². The molecule has 3 nitrogen and oxygen atoms in total. The predicted molar refractivity (Wildman–Crippen MR) is 179 cm³/mol. The Labute approximate surface area is 249 Å². The highest BCUT2D eigenvalue weighted by molar-refractivity contribution is 6.58. The predicted octanol–water partition coefficient (Wildman–Crippen LogP) is 8.86. The monoisotopic (exact) mass is 547 g/mol. The first-order chi connectivity index (χ1) is 20.7. The summed E-state index contributed by atoms with van der Waals surface area (Å²) in [5, 5.41) is 19.2. The van der Waals surface area contributed by atoms with E-state index in [0.717, 1.165) is 33.8 Å². The SMILES string of the molecule is CC.OB(O)c1ccc(N(c2ccc(-c3ccccc3)cc2)c2ccc(-c3ccc(-c4ccccc4)cc3)cc2)cc1. The second-order valence-corrected chi connectivity index (χ2v) is 9.70. The molecule has 0 aliphatic heterocycles. The van der Waals surface area contributed by atoms with E-state index in [-0.39, 0.29) is 0 Å². The Balaban J connectivity index is 0.00000173. The van der Waals surface area contributed by atoms with Crippen LogP contribution in [-0.2, 0) is 0 Å². The molecule has 0 bridgehead atoms. The Morgan fingerprint density at radius 2 is 0.619 bits per heavy atom. The molecule has 0 unspecified atom stereocenters. The fourth-order valence-corrected chi connectivity index (χ4v) is 4.96.